The van der Waals surface area contributed by atoms with Gasteiger partial charge in [0, 0.05) is 28.5 Å². The monoisotopic (exact) mass is 341 g/mol. The number of para-hydroxylation sites is 1. The van der Waals surface area contributed by atoms with Crippen molar-refractivity contribution in [3.63, 3.8) is 0 Å². The van der Waals surface area contributed by atoms with Crippen LogP contribution in [0.25, 0.3) is 27.2 Å². The summed E-state index contributed by atoms with van der Waals surface area (Å²) in [7, 11) is 0. The minimum atomic E-state index is 0.303. The van der Waals surface area contributed by atoms with Crippen LogP contribution in [-0.2, 0) is 12.8 Å². The van der Waals surface area contributed by atoms with E-state index in [1.807, 2.05) is 0 Å². The number of rotatable bonds is 3. The highest BCUT2D eigenvalue weighted by Crippen LogP contribution is 2.39. The summed E-state index contributed by atoms with van der Waals surface area (Å²) in [5.41, 5.74) is 6.20. The first kappa shape index (κ1) is 15.6. The summed E-state index contributed by atoms with van der Waals surface area (Å²) in [5.74, 6) is 0.303. The van der Waals surface area contributed by atoms with Gasteiger partial charge in [-0.25, -0.2) is 0 Å². The number of hydrogen-bond acceptors (Lipinski definition) is 1. The molecular formula is C24H23NO. The average Bonchev–Trinajstić information content (AvgIpc) is 3.01. The Morgan fingerprint density at radius 2 is 1.65 bits per heavy atom. The number of benzene rings is 2. The molecule has 0 bridgehead atoms. The molecule has 0 spiro atoms. The van der Waals surface area contributed by atoms with Crippen molar-refractivity contribution in [3.8, 4) is 0 Å². The zero-order valence-corrected chi connectivity index (χ0v) is 15.2. The molecule has 0 aliphatic heterocycles. The van der Waals surface area contributed by atoms with Gasteiger partial charge in [0.2, 0.25) is 0 Å². The summed E-state index contributed by atoms with van der Waals surface area (Å²) in [5, 5.41) is 3.71. The molecule has 0 radical (unpaired) electrons. The van der Waals surface area contributed by atoms with E-state index in [0.29, 0.717) is 12.2 Å². The number of hydrogen-bond donors (Lipinski definition) is 0. The Morgan fingerprint density at radius 1 is 0.923 bits per heavy atom. The normalized spacial score (nSPS) is 14.4. The summed E-state index contributed by atoms with van der Waals surface area (Å²) < 4.78 is 2.41. The number of aromatic nitrogens is 1. The second kappa shape index (κ2) is 5.98. The molecule has 2 heterocycles. The fraction of sp³-hybridized carbons (Fsp3) is 0.292. The number of pyridine rings is 1. The summed E-state index contributed by atoms with van der Waals surface area (Å²) in [6, 6.07) is 17.2. The molecule has 1 aliphatic rings. The Hall–Kier alpha value is -2.61. The van der Waals surface area contributed by atoms with Crippen molar-refractivity contribution in [2.24, 2.45) is 0 Å². The van der Waals surface area contributed by atoms with Gasteiger partial charge in [0.25, 0.3) is 0 Å². The Labute approximate surface area is 153 Å². The predicted molar refractivity (Wildman–Crippen MR) is 108 cm³/mol. The van der Waals surface area contributed by atoms with Crippen molar-refractivity contribution in [2.45, 2.75) is 45.4 Å². The lowest BCUT2D eigenvalue weighted by molar-refractivity contribution is 0.0973. The smallest absolute Gasteiger partial charge is 0.165 e. The van der Waals surface area contributed by atoms with Gasteiger partial charge in [0.1, 0.15) is 0 Å². The summed E-state index contributed by atoms with van der Waals surface area (Å²) in [6.45, 7) is 2.25. The lowest BCUT2D eigenvalue weighted by Crippen LogP contribution is -2.15. The molecule has 2 heteroatoms. The number of ketones is 1. The van der Waals surface area contributed by atoms with Crippen LogP contribution in [0.3, 0.4) is 0 Å². The molecule has 2 aromatic carbocycles. The van der Waals surface area contributed by atoms with E-state index in [0.717, 1.165) is 30.2 Å². The maximum Gasteiger partial charge on any atom is 0.165 e. The van der Waals surface area contributed by atoms with Crippen molar-refractivity contribution in [1.82, 2.24) is 4.40 Å². The van der Waals surface area contributed by atoms with Crippen molar-refractivity contribution < 1.29 is 4.79 Å². The zero-order chi connectivity index (χ0) is 17.7. The minimum Gasteiger partial charge on any atom is -0.312 e. The van der Waals surface area contributed by atoms with Gasteiger partial charge in [0.15, 0.2) is 5.78 Å². The standard InChI is InChI=1S/C24H23NO/c1-2-3-9-18-16-10-6-7-13-20(16)25-21-14-8-15-22(26)23(21)17-11-4-5-12-19(17)24(18)25/h4-7,10-13H,2-3,8-9,14-15H2,1H3. The van der Waals surface area contributed by atoms with E-state index in [-0.39, 0.29) is 0 Å². The maximum absolute atomic E-state index is 12.8. The number of carbonyl (C=O) groups excluding carboxylic acids is 1. The van der Waals surface area contributed by atoms with E-state index in [2.05, 4.69) is 59.9 Å². The number of unbranched alkanes of at least 4 members (excludes halogenated alkanes) is 1. The molecule has 1 aliphatic carbocycles. The third kappa shape index (κ3) is 2.08. The minimum absolute atomic E-state index is 0.303. The van der Waals surface area contributed by atoms with E-state index >= 15 is 0 Å². The molecular weight excluding hydrogens is 318 g/mol. The van der Waals surface area contributed by atoms with Gasteiger partial charge >= 0.3 is 0 Å². The van der Waals surface area contributed by atoms with Crippen LogP contribution >= 0.6 is 0 Å². The highest BCUT2D eigenvalue weighted by Gasteiger charge is 2.26. The van der Waals surface area contributed by atoms with Crippen molar-refractivity contribution in [2.75, 3.05) is 0 Å². The van der Waals surface area contributed by atoms with Gasteiger partial charge in [0.05, 0.1) is 11.0 Å². The number of nitrogens with zero attached hydrogens (tertiary/aromatic N) is 1. The number of carbonyl (C=O) groups is 1. The Kier molecular flexibility index (Phi) is 3.59. The van der Waals surface area contributed by atoms with Crippen LogP contribution in [0.1, 0.15) is 54.2 Å². The molecule has 2 nitrogen and oxygen atoms in total. The summed E-state index contributed by atoms with van der Waals surface area (Å²) >= 11 is 0. The van der Waals surface area contributed by atoms with Crippen LogP contribution in [0.4, 0.5) is 0 Å². The molecule has 26 heavy (non-hydrogen) atoms. The molecule has 5 rings (SSSR count). The van der Waals surface area contributed by atoms with Crippen LogP contribution in [0.2, 0.25) is 0 Å². The third-order valence-electron chi connectivity index (χ3n) is 5.87. The maximum atomic E-state index is 12.8. The molecule has 0 unspecified atom stereocenters. The van der Waals surface area contributed by atoms with Gasteiger partial charge in [-0.1, -0.05) is 55.8 Å². The van der Waals surface area contributed by atoms with E-state index in [1.54, 1.807) is 0 Å². The second-order valence-corrected chi connectivity index (χ2v) is 7.43. The predicted octanol–water partition coefficient (Wildman–Crippen LogP) is 6.11. The van der Waals surface area contributed by atoms with Crippen LogP contribution in [-0.4, -0.2) is 10.2 Å². The molecule has 0 atom stereocenters. The number of fused-ring (bicyclic) bond motifs is 8. The SMILES string of the molecule is CCCCc1c2ccccc2n2c3c(c4ccccc4c12)C(=O)CCC3. The van der Waals surface area contributed by atoms with Crippen LogP contribution in [0.15, 0.2) is 48.5 Å². The quantitative estimate of drug-likeness (QED) is 0.441. The highest BCUT2D eigenvalue weighted by atomic mass is 16.1. The molecule has 4 aromatic rings. The molecule has 130 valence electrons. The van der Waals surface area contributed by atoms with Crippen LogP contribution in [0.5, 0.6) is 0 Å². The molecule has 0 saturated heterocycles. The zero-order valence-electron chi connectivity index (χ0n) is 15.2. The first-order chi connectivity index (χ1) is 12.8. The van der Waals surface area contributed by atoms with E-state index < -0.39 is 0 Å². The summed E-state index contributed by atoms with van der Waals surface area (Å²) in [6.07, 6.45) is 6.07. The van der Waals surface area contributed by atoms with Crippen molar-refractivity contribution >= 4 is 33.0 Å². The van der Waals surface area contributed by atoms with E-state index in [4.69, 9.17) is 0 Å². The van der Waals surface area contributed by atoms with Gasteiger partial charge in [-0.3, -0.25) is 4.79 Å². The van der Waals surface area contributed by atoms with Crippen molar-refractivity contribution in [3.05, 3.63) is 65.4 Å². The molecule has 0 amide bonds. The van der Waals surface area contributed by atoms with Crippen LogP contribution < -0.4 is 0 Å². The Balaban J connectivity index is 2.05. The summed E-state index contributed by atoms with van der Waals surface area (Å²) in [4.78, 5) is 12.8. The largest absolute Gasteiger partial charge is 0.312 e. The van der Waals surface area contributed by atoms with Gasteiger partial charge in [-0.2, -0.15) is 0 Å². The molecule has 0 saturated carbocycles. The van der Waals surface area contributed by atoms with Gasteiger partial charge in [-0.05, 0) is 42.7 Å². The topological polar surface area (TPSA) is 21.5 Å². The first-order valence-corrected chi connectivity index (χ1v) is 9.80. The fourth-order valence-electron chi connectivity index (χ4n) is 4.74. The highest BCUT2D eigenvalue weighted by molar-refractivity contribution is 6.16. The third-order valence-corrected chi connectivity index (χ3v) is 5.87. The lowest BCUT2D eigenvalue weighted by Gasteiger charge is -2.21. The molecule has 0 fully saturated rings. The molecule has 0 N–H and O–H groups in total. The van der Waals surface area contributed by atoms with Crippen molar-refractivity contribution in [1.29, 1.82) is 0 Å². The number of Topliss-reactive ketones (excluding diaryl/α,β-unsaturated/α-hetero) is 1. The first-order valence-electron chi connectivity index (χ1n) is 9.80. The van der Waals surface area contributed by atoms with Gasteiger partial charge in [-0.15, -0.1) is 0 Å². The Bertz CT molecular complexity index is 1170. The fourth-order valence-corrected chi connectivity index (χ4v) is 4.74. The number of aryl methyl sites for hydroxylation is 2. The average molecular weight is 341 g/mol. The lowest BCUT2D eigenvalue weighted by atomic mass is 9.89. The second-order valence-electron chi connectivity index (χ2n) is 7.43. The van der Waals surface area contributed by atoms with E-state index in [1.165, 1.54) is 45.9 Å². The van der Waals surface area contributed by atoms with Crippen LogP contribution in [0, 0.1) is 0 Å². The molecule has 2 aromatic heterocycles. The van der Waals surface area contributed by atoms with E-state index in [9.17, 15) is 4.79 Å². The van der Waals surface area contributed by atoms with Gasteiger partial charge < -0.3 is 4.40 Å². The Morgan fingerprint density at radius 3 is 2.46 bits per heavy atom.